The van der Waals surface area contributed by atoms with Gasteiger partial charge in [0, 0.05) is 50.6 Å². The average molecular weight is 320 g/mol. The van der Waals surface area contributed by atoms with E-state index in [0.29, 0.717) is 0 Å². The summed E-state index contributed by atoms with van der Waals surface area (Å²) in [6, 6.07) is 2.05. The number of rotatable bonds is 2. The van der Waals surface area contributed by atoms with E-state index >= 15 is 0 Å². The molecule has 0 saturated carbocycles. The Morgan fingerprint density at radius 2 is 1.82 bits per heavy atom. The van der Waals surface area contributed by atoms with Gasteiger partial charge in [-0.1, -0.05) is 0 Å². The highest BCUT2D eigenvalue weighted by Crippen LogP contribution is 2.22. The maximum Gasteiger partial charge on any atom is 0.156 e. The lowest BCUT2D eigenvalue weighted by Gasteiger charge is -2.28. The maximum absolute atomic E-state index is 4.56. The molecule has 116 valence electrons. The van der Waals surface area contributed by atoms with Crippen LogP contribution in [0.4, 0.5) is 5.82 Å². The zero-order chi connectivity index (χ0) is 14.2. The van der Waals surface area contributed by atoms with Crippen LogP contribution in [0.3, 0.4) is 0 Å². The quantitative estimate of drug-likeness (QED) is 0.762. The molecule has 1 fully saturated rings. The fourth-order valence-corrected chi connectivity index (χ4v) is 2.70. The van der Waals surface area contributed by atoms with Crippen molar-refractivity contribution < 1.29 is 0 Å². The standard InChI is InChI=1S/C14H17N7.ClH/c1-19-10-12(8-17-19)11-6-13-16-9-14(21(13)18-7-11)20-4-2-15-3-5-20;/h6-10,15H,2-5H2,1H3;1H. The molecule has 22 heavy (non-hydrogen) atoms. The van der Waals surface area contributed by atoms with Crippen molar-refractivity contribution in [3.8, 4) is 11.1 Å². The average Bonchev–Trinajstić information content (AvgIpc) is 3.13. The van der Waals surface area contributed by atoms with Crippen molar-refractivity contribution in [2.45, 2.75) is 0 Å². The number of fused-ring (bicyclic) bond motifs is 1. The number of imidazole rings is 1. The third kappa shape index (κ3) is 2.53. The van der Waals surface area contributed by atoms with Crippen molar-refractivity contribution in [2.75, 3.05) is 31.1 Å². The first-order chi connectivity index (χ1) is 10.3. The summed E-state index contributed by atoms with van der Waals surface area (Å²) in [4.78, 5) is 6.81. The van der Waals surface area contributed by atoms with Crippen molar-refractivity contribution in [3.63, 3.8) is 0 Å². The van der Waals surface area contributed by atoms with E-state index in [1.807, 2.05) is 36.4 Å². The summed E-state index contributed by atoms with van der Waals surface area (Å²) >= 11 is 0. The molecule has 0 radical (unpaired) electrons. The van der Waals surface area contributed by atoms with Crippen LogP contribution in [0.2, 0.25) is 0 Å². The first-order valence-electron chi connectivity index (χ1n) is 7.10. The third-order valence-electron chi connectivity index (χ3n) is 3.82. The number of aryl methyl sites for hydroxylation is 1. The van der Waals surface area contributed by atoms with Gasteiger partial charge in [0.25, 0.3) is 0 Å². The Morgan fingerprint density at radius 1 is 1.05 bits per heavy atom. The highest BCUT2D eigenvalue weighted by atomic mass is 35.5. The second kappa shape index (κ2) is 5.94. The molecule has 4 rings (SSSR count). The summed E-state index contributed by atoms with van der Waals surface area (Å²) in [5.74, 6) is 1.06. The predicted octanol–water partition coefficient (Wildman–Crippen LogP) is 0.961. The van der Waals surface area contributed by atoms with Gasteiger partial charge in [-0.25, -0.2) is 4.98 Å². The third-order valence-corrected chi connectivity index (χ3v) is 3.82. The zero-order valence-corrected chi connectivity index (χ0v) is 13.1. The van der Waals surface area contributed by atoms with Crippen LogP contribution in [0.25, 0.3) is 16.8 Å². The van der Waals surface area contributed by atoms with Gasteiger partial charge in [0.15, 0.2) is 11.5 Å². The minimum absolute atomic E-state index is 0. The number of nitrogens with one attached hydrogen (secondary N) is 1. The van der Waals surface area contributed by atoms with Crippen molar-refractivity contribution >= 4 is 23.9 Å². The molecule has 0 atom stereocenters. The Bertz CT molecular complexity index is 772. The lowest BCUT2D eigenvalue weighted by Crippen LogP contribution is -2.44. The van der Waals surface area contributed by atoms with Crippen molar-refractivity contribution in [2.24, 2.45) is 7.05 Å². The second-order valence-electron chi connectivity index (χ2n) is 5.27. The summed E-state index contributed by atoms with van der Waals surface area (Å²) in [5, 5.41) is 12.1. The molecule has 3 aromatic rings. The number of aromatic nitrogens is 5. The number of piperazine rings is 1. The molecule has 4 heterocycles. The van der Waals surface area contributed by atoms with Crippen LogP contribution in [0.5, 0.6) is 0 Å². The Balaban J connectivity index is 0.00000144. The van der Waals surface area contributed by atoms with E-state index in [0.717, 1.165) is 48.8 Å². The second-order valence-corrected chi connectivity index (χ2v) is 5.27. The first kappa shape index (κ1) is 14.8. The van der Waals surface area contributed by atoms with Crippen LogP contribution in [0, 0.1) is 0 Å². The molecule has 0 aromatic carbocycles. The van der Waals surface area contributed by atoms with E-state index in [9.17, 15) is 0 Å². The SMILES string of the molecule is Cl.Cn1cc(-c2cnn3c(N4CCNCC4)cnc3c2)cn1. The molecule has 1 aliphatic heterocycles. The molecular weight excluding hydrogens is 302 g/mol. The number of hydrogen-bond acceptors (Lipinski definition) is 5. The van der Waals surface area contributed by atoms with E-state index in [-0.39, 0.29) is 12.4 Å². The number of hydrogen-bond donors (Lipinski definition) is 1. The van der Waals surface area contributed by atoms with E-state index in [4.69, 9.17) is 0 Å². The number of halogens is 1. The Labute approximate surface area is 134 Å². The largest absolute Gasteiger partial charge is 0.353 e. The monoisotopic (exact) mass is 319 g/mol. The molecule has 8 heteroatoms. The molecule has 1 aliphatic rings. The van der Waals surface area contributed by atoms with E-state index in [1.54, 1.807) is 4.68 Å². The van der Waals surface area contributed by atoms with Gasteiger partial charge >= 0.3 is 0 Å². The normalized spacial score (nSPS) is 15.0. The molecule has 0 amide bonds. The van der Waals surface area contributed by atoms with Gasteiger partial charge in [0.1, 0.15) is 0 Å². The number of anilines is 1. The van der Waals surface area contributed by atoms with Crippen LogP contribution in [-0.4, -0.2) is 50.6 Å². The van der Waals surface area contributed by atoms with Crippen LogP contribution in [0.1, 0.15) is 0 Å². The molecule has 1 N–H and O–H groups in total. The van der Waals surface area contributed by atoms with Crippen molar-refractivity contribution in [1.82, 2.24) is 29.7 Å². The van der Waals surface area contributed by atoms with E-state index in [1.165, 1.54) is 0 Å². The van der Waals surface area contributed by atoms with Gasteiger partial charge in [-0.05, 0) is 6.07 Å². The molecule has 0 aliphatic carbocycles. The summed E-state index contributed by atoms with van der Waals surface area (Å²) in [5.41, 5.74) is 2.96. The maximum atomic E-state index is 4.56. The topological polar surface area (TPSA) is 63.3 Å². The minimum atomic E-state index is 0. The fraction of sp³-hybridized carbons (Fsp3) is 0.357. The van der Waals surface area contributed by atoms with E-state index in [2.05, 4.69) is 31.5 Å². The highest BCUT2D eigenvalue weighted by Gasteiger charge is 2.15. The molecule has 1 saturated heterocycles. The summed E-state index contributed by atoms with van der Waals surface area (Å²) < 4.78 is 3.70. The van der Waals surface area contributed by atoms with Gasteiger partial charge in [-0.15, -0.1) is 12.4 Å². The molecule has 7 nitrogen and oxygen atoms in total. The lowest BCUT2D eigenvalue weighted by atomic mass is 10.2. The van der Waals surface area contributed by atoms with Gasteiger partial charge in [0.05, 0.1) is 18.6 Å². The Morgan fingerprint density at radius 3 is 2.55 bits per heavy atom. The summed E-state index contributed by atoms with van der Waals surface area (Å²) in [7, 11) is 1.91. The van der Waals surface area contributed by atoms with Gasteiger partial charge in [-0.3, -0.25) is 4.68 Å². The highest BCUT2D eigenvalue weighted by molar-refractivity contribution is 5.85. The molecule has 0 bridgehead atoms. The van der Waals surface area contributed by atoms with Gasteiger partial charge < -0.3 is 10.2 Å². The summed E-state index contributed by atoms with van der Waals surface area (Å²) in [6.45, 7) is 3.97. The summed E-state index contributed by atoms with van der Waals surface area (Å²) in [6.07, 6.45) is 7.60. The number of nitrogens with zero attached hydrogens (tertiary/aromatic N) is 6. The lowest BCUT2D eigenvalue weighted by molar-refractivity contribution is 0.581. The molecule has 0 unspecified atom stereocenters. The smallest absolute Gasteiger partial charge is 0.156 e. The fourth-order valence-electron chi connectivity index (χ4n) is 2.70. The molecule has 3 aromatic heterocycles. The molecular formula is C14H18ClN7. The van der Waals surface area contributed by atoms with Crippen LogP contribution in [0.15, 0.2) is 30.9 Å². The Kier molecular flexibility index (Phi) is 4.00. The van der Waals surface area contributed by atoms with Crippen molar-refractivity contribution in [3.05, 3.63) is 30.9 Å². The van der Waals surface area contributed by atoms with Gasteiger partial charge in [-0.2, -0.15) is 14.7 Å². The zero-order valence-electron chi connectivity index (χ0n) is 12.3. The first-order valence-corrected chi connectivity index (χ1v) is 7.10. The van der Waals surface area contributed by atoms with Crippen LogP contribution in [-0.2, 0) is 7.05 Å². The minimum Gasteiger partial charge on any atom is -0.353 e. The molecule has 0 spiro atoms. The Hall–Kier alpha value is -2.12. The van der Waals surface area contributed by atoms with Crippen molar-refractivity contribution in [1.29, 1.82) is 0 Å². The predicted molar refractivity (Wildman–Crippen MR) is 87.5 cm³/mol. The van der Waals surface area contributed by atoms with Gasteiger partial charge in [0.2, 0.25) is 0 Å². The van der Waals surface area contributed by atoms with E-state index < -0.39 is 0 Å². The van der Waals surface area contributed by atoms with Crippen LogP contribution >= 0.6 is 12.4 Å². The van der Waals surface area contributed by atoms with Crippen LogP contribution < -0.4 is 10.2 Å².